The predicted octanol–water partition coefficient (Wildman–Crippen LogP) is 0.702. The summed E-state index contributed by atoms with van der Waals surface area (Å²) in [6.45, 7) is 6.32. The largest absolute Gasteiger partial charge is 0.472 e. The molecule has 1 aromatic heterocycles. The molecule has 0 amide bonds. The maximum atomic E-state index is 5.61. The molecule has 0 saturated carbocycles. The topological polar surface area (TPSA) is 56.3 Å². The zero-order valence-corrected chi connectivity index (χ0v) is 9.06. The van der Waals surface area contributed by atoms with Gasteiger partial charge in [0.2, 0.25) is 5.88 Å². The molecule has 1 aliphatic heterocycles. The molecule has 5 heteroatoms. The quantitative estimate of drug-likeness (QED) is 0.758. The highest BCUT2D eigenvalue weighted by Crippen LogP contribution is 2.23. The lowest BCUT2D eigenvalue weighted by molar-refractivity contribution is 0.0228. The molecule has 86 valence electrons. The van der Waals surface area contributed by atoms with Gasteiger partial charge in [-0.2, -0.15) is 0 Å². The first-order chi connectivity index (χ1) is 7.92. The molecule has 5 nitrogen and oxygen atoms in total. The maximum Gasteiger partial charge on any atom is 0.238 e. The number of ether oxygens (including phenoxy) is 2. The summed E-state index contributed by atoms with van der Waals surface area (Å²) in [5, 5.41) is 3.25. The molecule has 1 fully saturated rings. The van der Waals surface area contributed by atoms with Gasteiger partial charge in [-0.3, -0.25) is 4.98 Å². The Morgan fingerprint density at radius 2 is 2.44 bits per heavy atom. The van der Waals surface area contributed by atoms with E-state index in [0.717, 1.165) is 18.8 Å². The molecule has 1 aliphatic rings. The monoisotopic (exact) mass is 221 g/mol. The summed E-state index contributed by atoms with van der Waals surface area (Å²) in [6.07, 6.45) is 4.85. The molecule has 2 heterocycles. The summed E-state index contributed by atoms with van der Waals surface area (Å²) < 4.78 is 11.1. The Hall–Kier alpha value is -1.46. The van der Waals surface area contributed by atoms with Crippen LogP contribution in [0.4, 0.5) is 0 Å². The van der Waals surface area contributed by atoms with Crippen molar-refractivity contribution in [3.63, 3.8) is 0 Å². The Kier molecular flexibility index (Phi) is 3.85. The highest BCUT2D eigenvalue weighted by Gasteiger charge is 2.21. The van der Waals surface area contributed by atoms with E-state index < -0.39 is 0 Å². The van der Waals surface area contributed by atoms with Crippen LogP contribution in [0.3, 0.4) is 0 Å². The van der Waals surface area contributed by atoms with E-state index in [9.17, 15) is 0 Å². The van der Waals surface area contributed by atoms with Gasteiger partial charge in [-0.05, 0) is 0 Å². The van der Waals surface area contributed by atoms with Crippen LogP contribution < -0.4 is 10.1 Å². The van der Waals surface area contributed by atoms with Gasteiger partial charge < -0.3 is 14.8 Å². The minimum Gasteiger partial charge on any atom is -0.472 e. The van der Waals surface area contributed by atoms with Gasteiger partial charge in [0.15, 0.2) is 0 Å². The van der Waals surface area contributed by atoms with Crippen molar-refractivity contribution in [3.05, 3.63) is 30.7 Å². The second-order valence-electron chi connectivity index (χ2n) is 3.41. The molecule has 0 bridgehead atoms. The lowest BCUT2D eigenvalue weighted by Gasteiger charge is -2.23. The van der Waals surface area contributed by atoms with Crippen LogP contribution in [0.1, 0.15) is 11.8 Å². The number of hydrogen-bond acceptors (Lipinski definition) is 5. The summed E-state index contributed by atoms with van der Waals surface area (Å²) >= 11 is 0. The number of nitrogens with one attached hydrogen (secondary N) is 1. The van der Waals surface area contributed by atoms with Crippen LogP contribution in [0.15, 0.2) is 25.0 Å². The van der Waals surface area contributed by atoms with Gasteiger partial charge in [-0.25, -0.2) is 4.98 Å². The third kappa shape index (κ3) is 2.56. The fourth-order valence-corrected chi connectivity index (χ4v) is 1.55. The summed E-state index contributed by atoms with van der Waals surface area (Å²) in [5.74, 6) is 0.524. The minimum atomic E-state index is -0.0812. The van der Waals surface area contributed by atoms with E-state index >= 15 is 0 Å². The predicted molar refractivity (Wildman–Crippen MR) is 59.3 cm³/mol. The summed E-state index contributed by atoms with van der Waals surface area (Å²) in [7, 11) is 0. The molecule has 1 N–H and O–H groups in total. The number of rotatable bonds is 4. The van der Waals surface area contributed by atoms with Crippen molar-refractivity contribution >= 4 is 0 Å². The van der Waals surface area contributed by atoms with E-state index in [2.05, 4.69) is 21.9 Å². The number of aromatic nitrogens is 2. The van der Waals surface area contributed by atoms with Crippen molar-refractivity contribution in [3.8, 4) is 5.88 Å². The second-order valence-corrected chi connectivity index (χ2v) is 3.41. The normalized spacial score (nSPS) is 20.4. The molecule has 0 radical (unpaired) electrons. The van der Waals surface area contributed by atoms with E-state index in [1.807, 2.05) is 0 Å². The summed E-state index contributed by atoms with van der Waals surface area (Å²) in [4.78, 5) is 8.42. The Balaban J connectivity index is 2.14. The Morgan fingerprint density at radius 3 is 3.19 bits per heavy atom. The van der Waals surface area contributed by atoms with Crippen LogP contribution in [0.25, 0.3) is 0 Å². The van der Waals surface area contributed by atoms with E-state index in [1.165, 1.54) is 0 Å². The van der Waals surface area contributed by atoms with Crippen molar-refractivity contribution in [1.29, 1.82) is 0 Å². The van der Waals surface area contributed by atoms with Gasteiger partial charge in [0.1, 0.15) is 18.4 Å². The van der Waals surface area contributed by atoms with Crippen LogP contribution in [0.5, 0.6) is 5.88 Å². The van der Waals surface area contributed by atoms with E-state index in [-0.39, 0.29) is 6.10 Å². The number of hydrogen-bond donors (Lipinski definition) is 1. The average Bonchev–Trinajstić information content (AvgIpc) is 2.38. The standard InChI is InChI=1S/C11H15N3O2/c1-2-6-16-11-10(13-3-4-14-11)9-8-12-5-7-15-9/h2-4,9,12H,1,5-8H2. The first-order valence-corrected chi connectivity index (χ1v) is 5.28. The Labute approximate surface area is 94.5 Å². The smallest absolute Gasteiger partial charge is 0.238 e. The van der Waals surface area contributed by atoms with Crippen LogP contribution >= 0.6 is 0 Å². The van der Waals surface area contributed by atoms with Crippen molar-refractivity contribution < 1.29 is 9.47 Å². The zero-order chi connectivity index (χ0) is 11.2. The van der Waals surface area contributed by atoms with E-state index in [0.29, 0.717) is 19.1 Å². The van der Waals surface area contributed by atoms with Gasteiger partial charge in [-0.1, -0.05) is 12.7 Å². The maximum absolute atomic E-state index is 5.61. The molecule has 0 aliphatic carbocycles. The minimum absolute atomic E-state index is 0.0812. The molecule has 2 rings (SSSR count). The van der Waals surface area contributed by atoms with E-state index in [4.69, 9.17) is 9.47 Å². The van der Waals surface area contributed by atoms with Crippen molar-refractivity contribution in [2.24, 2.45) is 0 Å². The fourth-order valence-electron chi connectivity index (χ4n) is 1.55. The summed E-state index contributed by atoms with van der Waals surface area (Å²) in [6, 6.07) is 0. The average molecular weight is 221 g/mol. The van der Waals surface area contributed by atoms with Crippen molar-refractivity contribution in [1.82, 2.24) is 15.3 Å². The highest BCUT2D eigenvalue weighted by atomic mass is 16.5. The fraction of sp³-hybridized carbons (Fsp3) is 0.455. The van der Waals surface area contributed by atoms with Gasteiger partial charge in [-0.15, -0.1) is 0 Å². The number of morpholine rings is 1. The molecule has 0 aromatic carbocycles. The van der Waals surface area contributed by atoms with Crippen LogP contribution in [0.2, 0.25) is 0 Å². The van der Waals surface area contributed by atoms with Gasteiger partial charge >= 0.3 is 0 Å². The molecule has 1 aromatic rings. The first kappa shape index (κ1) is 11.0. The van der Waals surface area contributed by atoms with E-state index in [1.54, 1.807) is 18.5 Å². The Morgan fingerprint density at radius 1 is 1.56 bits per heavy atom. The summed E-state index contributed by atoms with van der Waals surface area (Å²) in [5.41, 5.74) is 0.747. The molecule has 16 heavy (non-hydrogen) atoms. The van der Waals surface area contributed by atoms with Crippen LogP contribution in [0, 0.1) is 0 Å². The Bertz CT molecular complexity index is 351. The van der Waals surface area contributed by atoms with Gasteiger partial charge in [0.25, 0.3) is 0 Å². The molecule has 1 unspecified atom stereocenters. The number of nitrogens with zero attached hydrogens (tertiary/aromatic N) is 2. The van der Waals surface area contributed by atoms with Crippen LogP contribution in [-0.2, 0) is 4.74 Å². The van der Waals surface area contributed by atoms with Gasteiger partial charge in [0.05, 0.1) is 6.61 Å². The first-order valence-electron chi connectivity index (χ1n) is 5.28. The highest BCUT2D eigenvalue weighted by molar-refractivity contribution is 5.21. The SMILES string of the molecule is C=CCOc1nccnc1C1CNCCO1. The third-order valence-electron chi connectivity index (χ3n) is 2.26. The second kappa shape index (κ2) is 5.58. The zero-order valence-electron chi connectivity index (χ0n) is 9.06. The molecule has 0 spiro atoms. The molecule has 1 saturated heterocycles. The van der Waals surface area contributed by atoms with Crippen LogP contribution in [-0.4, -0.2) is 36.3 Å². The lowest BCUT2D eigenvalue weighted by Crippen LogP contribution is -2.34. The lowest BCUT2D eigenvalue weighted by atomic mass is 10.2. The third-order valence-corrected chi connectivity index (χ3v) is 2.26. The van der Waals surface area contributed by atoms with Crippen molar-refractivity contribution in [2.75, 3.05) is 26.3 Å². The molecular formula is C11H15N3O2. The van der Waals surface area contributed by atoms with Crippen molar-refractivity contribution in [2.45, 2.75) is 6.10 Å². The van der Waals surface area contributed by atoms with Gasteiger partial charge in [0, 0.05) is 25.5 Å². The molecular weight excluding hydrogens is 206 g/mol. The molecule has 1 atom stereocenters.